The average molecular weight is 303 g/mol. The second-order valence-electron chi connectivity index (χ2n) is 5.37. The summed E-state index contributed by atoms with van der Waals surface area (Å²) >= 11 is 2.00. The molecule has 5 nitrogen and oxygen atoms in total. The Balaban J connectivity index is 0.000000686. The van der Waals surface area contributed by atoms with E-state index in [-0.39, 0.29) is 17.1 Å². The van der Waals surface area contributed by atoms with Crippen molar-refractivity contribution in [3.8, 4) is 0 Å². The Labute approximate surface area is 109 Å². The van der Waals surface area contributed by atoms with Crippen LogP contribution in [0.15, 0.2) is 0 Å². The van der Waals surface area contributed by atoms with E-state index in [1.807, 2.05) is 29.8 Å². The maximum absolute atomic E-state index is 11.8. The molecule has 0 aliphatic heterocycles. The Morgan fingerprint density at radius 3 is 2.24 bits per heavy atom. The fraction of sp³-hybridized carbons (Fsp3) is 0.900. The summed E-state index contributed by atoms with van der Waals surface area (Å²) < 4.78 is 40.7. The molecule has 2 bridgehead atoms. The van der Waals surface area contributed by atoms with Crippen LogP contribution in [0.1, 0.15) is 33.1 Å². The van der Waals surface area contributed by atoms with Crippen LogP contribution in [0.25, 0.3) is 0 Å². The van der Waals surface area contributed by atoms with Gasteiger partial charge in [-0.05, 0) is 24.2 Å². The van der Waals surface area contributed by atoms with E-state index in [0.29, 0.717) is 12.8 Å². The zero-order chi connectivity index (χ0) is 13.5. The van der Waals surface area contributed by atoms with Crippen molar-refractivity contribution in [3.05, 3.63) is 0 Å². The summed E-state index contributed by atoms with van der Waals surface area (Å²) in [4.78, 5) is 11.8. The summed E-state index contributed by atoms with van der Waals surface area (Å²) in [6.45, 7) is 3.83. The molecule has 0 amide bonds. The molecule has 0 saturated heterocycles. The molecule has 0 aromatic heterocycles. The van der Waals surface area contributed by atoms with Crippen molar-refractivity contribution in [2.75, 3.05) is 5.75 Å². The molecule has 2 aliphatic carbocycles. The first-order chi connectivity index (χ1) is 7.69. The van der Waals surface area contributed by atoms with Crippen LogP contribution in [-0.4, -0.2) is 24.5 Å². The van der Waals surface area contributed by atoms with Gasteiger partial charge in [-0.25, -0.2) is 8.42 Å². The third-order valence-corrected chi connectivity index (χ3v) is 5.41. The molecule has 0 spiro atoms. The monoisotopic (exact) mass is 303 g/mol. The Kier molecular flexibility index (Phi) is 3.99. The molecule has 0 N–H and O–H groups in total. The molecule has 2 rings (SSSR count). The molecule has 0 aromatic carbocycles. The van der Waals surface area contributed by atoms with Crippen molar-refractivity contribution in [1.82, 2.24) is 0 Å². The van der Waals surface area contributed by atoms with Crippen LogP contribution in [0.4, 0.5) is 0 Å². The molecule has 2 atom stereocenters. The number of rotatable bonds is 2. The summed E-state index contributed by atoms with van der Waals surface area (Å²) in [6.07, 6.45) is 1.88. The van der Waals surface area contributed by atoms with Gasteiger partial charge in [-0.3, -0.25) is 4.79 Å². The number of hydrogen-bond donors (Lipinski definition) is 0. The van der Waals surface area contributed by atoms with Crippen LogP contribution in [0.2, 0.25) is 0 Å². The summed E-state index contributed by atoms with van der Waals surface area (Å²) in [5, 5.41) is 0. The third kappa shape index (κ3) is 2.26. The Hall–Kier alpha value is -0.101. The first-order valence-corrected chi connectivity index (χ1v) is 7.33. The van der Waals surface area contributed by atoms with E-state index in [1.165, 1.54) is 0 Å². The van der Waals surface area contributed by atoms with Gasteiger partial charge in [0.25, 0.3) is 0 Å². The van der Waals surface area contributed by atoms with Crippen molar-refractivity contribution in [3.63, 3.8) is 0 Å². The molecule has 2 aliphatic rings. The van der Waals surface area contributed by atoms with E-state index in [1.54, 1.807) is 0 Å². The van der Waals surface area contributed by atoms with Gasteiger partial charge in [0.1, 0.15) is 5.78 Å². The predicted octanol–water partition coefficient (Wildman–Crippen LogP) is 0.806. The minimum atomic E-state index is -4.33. The fourth-order valence-corrected chi connectivity index (χ4v) is 4.69. The molecular formula is C10H15FeO5S. The van der Waals surface area contributed by atoms with Gasteiger partial charge in [0.15, 0.2) is 0 Å². The molecule has 99 valence electrons. The van der Waals surface area contributed by atoms with Gasteiger partial charge in [-0.15, -0.1) is 0 Å². The topological polar surface area (TPSA) is 91.3 Å². The fourth-order valence-electron chi connectivity index (χ4n) is 3.41. The zero-order valence-corrected chi connectivity index (χ0v) is 11.6. The Bertz CT molecular complexity index is 430. The summed E-state index contributed by atoms with van der Waals surface area (Å²) in [6, 6.07) is 0. The van der Waals surface area contributed by atoms with E-state index in [4.69, 9.17) is 3.83 Å². The maximum atomic E-state index is 11.8. The van der Waals surface area contributed by atoms with Crippen LogP contribution < -0.4 is 0 Å². The van der Waals surface area contributed by atoms with Gasteiger partial charge in [0.2, 0.25) is 0 Å². The quantitative estimate of drug-likeness (QED) is 0.556. The molecule has 0 aromatic rings. The number of fused-ring (bicyclic) bond motifs is 2. The number of carbonyl (C=O) groups excluding carboxylic acids is 1. The van der Waals surface area contributed by atoms with Gasteiger partial charge in [-0.2, -0.15) is 0 Å². The molecule has 2 unspecified atom stereocenters. The Morgan fingerprint density at radius 1 is 1.41 bits per heavy atom. The molecule has 0 heterocycles. The molecule has 0 radical (unpaired) electrons. The van der Waals surface area contributed by atoms with E-state index in [9.17, 15) is 17.8 Å². The van der Waals surface area contributed by atoms with Crippen LogP contribution >= 0.6 is 0 Å². The van der Waals surface area contributed by atoms with Crippen molar-refractivity contribution in [2.24, 2.45) is 16.7 Å². The van der Waals surface area contributed by atoms with Gasteiger partial charge in [0, 0.05) is 11.8 Å². The van der Waals surface area contributed by atoms with Crippen molar-refractivity contribution < 1.29 is 37.5 Å². The predicted molar refractivity (Wildman–Crippen MR) is 53.8 cm³/mol. The molecule has 17 heavy (non-hydrogen) atoms. The second kappa shape index (κ2) is 4.53. The van der Waals surface area contributed by atoms with Gasteiger partial charge >= 0.3 is 19.8 Å². The van der Waals surface area contributed by atoms with E-state index < -0.39 is 21.3 Å². The van der Waals surface area contributed by atoms with E-state index >= 15 is 0 Å². The van der Waals surface area contributed by atoms with Gasteiger partial charge in [0.05, 0.1) is 15.9 Å². The summed E-state index contributed by atoms with van der Waals surface area (Å²) in [5.74, 6) is -0.280. The van der Waals surface area contributed by atoms with E-state index in [0.717, 1.165) is 6.42 Å². The Morgan fingerprint density at radius 2 is 1.94 bits per heavy atom. The minimum absolute atomic E-state index is 0.0248. The number of Topliss-reactive ketones (excluding diaryl/α,β-unsaturated/α-hetero) is 1. The number of hydrogen-bond acceptors (Lipinski definition) is 5. The first-order valence-electron chi connectivity index (χ1n) is 5.30. The van der Waals surface area contributed by atoms with Crippen LogP contribution in [0, 0.1) is 16.7 Å². The SMILES string of the molecule is CC1(C)C2CCC1(CS(=O)(=O)[O-])C(=O)C2.[O]=[Fe+]. The summed E-state index contributed by atoms with van der Waals surface area (Å²) in [7, 11) is -4.33. The van der Waals surface area contributed by atoms with Crippen LogP contribution in [-0.2, 0) is 34.7 Å². The molecule has 7 heteroatoms. The molecule has 2 saturated carbocycles. The van der Waals surface area contributed by atoms with Crippen LogP contribution in [0.3, 0.4) is 0 Å². The van der Waals surface area contributed by atoms with Crippen LogP contribution in [0.5, 0.6) is 0 Å². The average Bonchev–Trinajstić information content (AvgIpc) is 2.52. The first kappa shape index (κ1) is 15.0. The second-order valence-corrected chi connectivity index (χ2v) is 6.77. The van der Waals surface area contributed by atoms with Crippen molar-refractivity contribution in [2.45, 2.75) is 33.1 Å². The van der Waals surface area contributed by atoms with Crippen molar-refractivity contribution >= 4 is 15.9 Å². The van der Waals surface area contributed by atoms with Gasteiger partial charge < -0.3 is 4.55 Å². The summed E-state index contributed by atoms with van der Waals surface area (Å²) in [5.41, 5.74) is -1.22. The van der Waals surface area contributed by atoms with E-state index in [2.05, 4.69) is 0 Å². The standard InChI is InChI=1S/C10H16O4S.Fe.O/c1-9(2)7-3-4-10(9,8(11)5-7)6-15(12,13)14;;/h7H,3-6H2,1-2H3,(H,12,13,14);;/q;+1;/p-1. The normalized spacial score (nSPS) is 34.3. The number of ketones is 1. The zero-order valence-electron chi connectivity index (χ0n) is 9.71. The molecular weight excluding hydrogens is 288 g/mol. The van der Waals surface area contributed by atoms with Gasteiger partial charge in [-0.1, -0.05) is 13.8 Å². The number of carbonyl (C=O) groups is 1. The molecule has 2 fully saturated rings. The van der Waals surface area contributed by atoms with Crippen molar-refractivity contribution in [1.29, 1.82) is 0 Å². The third-order valence-electron chi connectivity index (χ3n) is 4.56.